The van der Waals surface area contributed by atoms with Crippen LogP contribution in [0.2, 0.25) is 0 Å². The molecule has 23 heavy (non-hydrogen) atoms. The summed E-state index contributed by atoms with van der Waals surface area (Å²) in [6.07, 6.45) is 11.2. The molecule has 0 bridgehead atoms. The van der Waals surface area contributed by atoms with Gasteiger partial charge in [0.25, 0.3) is 0 Å². The lowest BCUT2D eigenvalue weighted by Gasteiger charge is -2.43. The fourth-order valence-corrected chi connectivity index (χ4v) is 5.92. The number of carbonyl (C=O) groups is 1. The molecular formula is C19H34N2OS. The van der Waals surface area contributed by atoms with Crippen LogP contribution in [0.1, 0.15) is 64.7 Å². The molecule has 1 saturated heterocycles. The highest BCUT2D eigenvalue weighted by Gasteiger charge is 2.40. The summed E-state index contributed by atoms with van der Waals surface area (Å²) in [5.74, 6) is 4.27. The van der Waals surface area contributed by atoms with Crippen LogP contribution in [0.3, 0.4) is 0 Å². The van der Waals surface area contributed by atoms with Gasteiger partial charge >= 0.3 is 0 Å². The number of carbonyl (C=O) groups excluding carboxylic acids is 1. The summed E-state index contributed by atoms with van der Waals surface area (Å²) in [6.45, 7) is 5.64. The van der Waals surface area contributed by atoms with Gasteiger partial charge in [-0.2, -0.15) is 11.8 Å². The number of rotatable bonds is 5. The van der Waals surface area contributed by atoms with E-state index in [1.54, 1.807) is 0 Å². The Morgan fingerprint density at radius 2 is 1.91 bits per heavy atom. The first-order chi connectivity index (χ1) is 11.2. The first-order valence-corrected chi connectivity index (χ1v) is 10.9. The minimum atomic E-state index is 0.274. The van der Waals surface area contributed by atoms with Crippen LogP contribution < -0.4 is 5.32 Å². The van der Waals surface area contributed by atoms with Gasteiger partial charge in [0.15, 0.2) is 0 Å². The van der Waals surface area contributed by atoms with Crippen molar-refractivity contribution in [3.63, 3.8) is 0 Å². The van der Waals surface area contributed by atoms with Crippen molar-refractivity contribution in [2.24, 2.45) is 11.8 Å². The number of thioether (sulfide) groups is 1. The van der Waals surface area contributed by atoms with E-state index in [0.29, 0.717) is 11.8 Å². The highest BCUT2D eigenvalue weighted by Crippen LogP contribution is 2.36. The van der Waals surface area contributed by atoms with Gasteiger partial charge in [0.1, 0.15) is 0 Å². The summed E-state index contributed by atoms with van der Waals surface area (Å²) in [5.41, 5.74) is 0.274. The van der Waals surface area contributed by atoms with Crippen LogP contribution in [0.5, 0.6) is 0 Å². The zero-order chi connectivity index (χ0) is 16.1. The zero-order valence-corrected chi connectivity index (χ0v) is 15.6. The third-order valence-corrected chi connectivity index (χ3v) is 7.29. The Balaban J connectivity index is 1.49. The standard InChI is InChI=1S/C19H34N2OS/c1-16-5-4-6-17(13-16)14-18(22)20-15-19(7-2-3-8-19)21-9-11-23-12-10-21/h16-17H,2-15H2,1H3,(H,20,22)/t16-,17+/m1/s1. The molecule has 0 spiro atoms. The molecule has 0 aromatic heterocycles. The maximum atomic E-state index is 12.5. The second kappa shape index (κ2) is 8.24. The summed E-state index contributed by atoms with van der Waals surface area (Å²) in [6, 6.07) is 0. The third-order valence-electron chi connectivity index (χ3n) is 6.35. The lowest BCUT2D eigenvalue weighted by atomic mass is 9.80. The zero-order valence-electron chi connectivity index (χ0n) is 14.8. The van der Waals surface area contributed by atoms with Crippen molar-refractivity contribution < 1.29 is 4.79 Å². The highest BCUT2D eigenvalue weighted by atomic mass is 32.2. The summed E-state index contributed by atoms with van der Waals surface area (Å²) in [7, 11) is 0. The third kappa shape index (κ3) is 4.66. The number of amides is 1. The van der Waals surface area contributed by atoms with Gasteiger partial charge in [-0.3, -0.25) is 9.69 Å². The summed E-state index contributed by atoms with van der Waals surface area (Å²) >= 11 is 2.07. The Kier molecular flexibility index (Phi) is 6.31. The van der Waals surface area contributed by atoms with Crippen molar-refractivity contribution in [3.05, 3.63) is 0 Å². The summed E-state index contributed by atoms with van der Waals surface area (Å²) < 4.78 is 0. The molecule has 1 heterocycles. The van der Waals surface area contributed by atoms with E-state index < -0.39 is 0 Å². The van der Waals surface area contributed by atoms with E-state index in [1.807, 2.05) is 0 Å². The van der Waals surface area contributed by atoms with Crippen LogP contribution in [0.4, 0.5) is 0 Å². The highest BCUT2D eigenvalue weighted by molar-refractivity contribution is 7.99. The molecule has 2 aliphatic carbocycles. The molecule has 3 fully saturated rings. The number of nitrogens with zero attached hydrogens (tertiary/aromatic N) is 1. The van der Waals surface area contributed by atoms with Gasteiger partial charge in [0, 0.05) is 43.1 Å². The van der Waals surface area contributed by atoms with E-state index >= 15 is 0 Å². The van der Waals surface area contributed by atoms with Crippen LogP contribution in [0.15, 0.2) is 0 Å². The molecular weight excluding hydrogens is 304 g/mol. The molecule has 2 atom stereocenters. The molecule has 0 unspecified atom stereocenters. The van der Waals surface area contributed by atoms with E-state index in [0.717, 1.165) is 18.9 Å². The molecule has 0 radical (unpaired) electrons. The van der Waals surface area contributed by atoms with Crippen molar-refractivity contribution >= 4 is 17.7 Å². The van der Waals surface area contributed by atoms with Crippen molar-refractivity contribution in [2.75, 3.05) is 31.1 Å². The fraction of sp³-hybridized carbons (Fsp3) is 0.947. The van der Waals surface area contributed by atoms with Gasteiger partial charge in [0.2, 0.25) is 5.91 Å². The van der Waals surface area contributed by atoms with Crippen molar-refractivity contribution in [2.45, 2.75) is 70.3 Å². The van der Waals surface area contributed by atoms with Crippen molar-refractivity contribution in [1.29, 1.82) is 0 Å². The Bertz CT molecular complexity index is 389. The molecule has 3 nitrogen and oxygen atoms in total. The molecule has 1 N–H and O–H groups in total. The van der Waals surface area contributed by atoms with E-state index in [-0.39, 0.29) is 5.54 Å². The lowest BCUT2D eigenvalue weighted by Crippen LogP contribution is -2.56. The predicted octanol–water partition coefficient (Wildman–Crippen LogP) is 3.68. The second-order valence-corrected chi connectivity index (χ2v) is 9.37. The van der Waals surface area contributed by atoms with Crippen molar-refractivity contribution in [1.82, 2.24) is 10.2 Å². The Morgan fingerprint density at radius 1 is 1.17 bits per heavy atom. The monoisotopic (exact) mass is 338 g/mol. The molecule has 1 amide bonds. The van der Waals surface area contributed by atoms with Crippen LogP contribution in [0.25, 0.3) is 0 Å². The Hall–Kier alpha value is -0.220. The Morgan fingerprint density at radius 3 is 2.61 bits per heavy atom. The van der Waals surface area contributed by atoms with E-state index in [2.05, 4.69) is 28.9 Å². The molecule has 0 aromatic rings. The van der Waals surface area contributed by atoms with Gasteiger partial charge < -0.3 is 5.32 Å². The molecule has 4 heteroatoms. The van der Waals surface area contributed by atoms with Gasteiger partial charge in [-0.1, -0.05) is 32.6 Å². The maximum Gasteiger partial charge on any atom is 0.220 e. The quantitative estimate of drug-likeness (QED) is 0.830. The van der Waals surface area contributed by atoms with Crippen LogP contribution >= 0.6 is 11.8 Å². The predicted molar refractivity (Wildman–Crippen MR) is 98.8 cm³/mol. The minimum absolute atomic E-state index is 0.274. The van der Waals surface area contributed by atoms with E-state index in [1.165, 1.54) is 76.0 Å². The van der Waals surface area contributed by atoms with E-state index in [4.69, 9.17) is 0 Å². The lowest BCUT2D eigenvalue weighted by molar-refractivity contribution is -0.123. The van der Waals surface area contributed by atoms with Crippen LogP contribution in [0, 0.1) is 11.8 Å². The van der Waals surface area contributed by atoms with Gasteiger partial charge in [-0.25, -0.2) is 0 Å². The van der Waals surface area contributed by atoms with E-state index in [9.17, 15) is 4.79 Å². The molecule has 2 saturated carbocycles. The normalized spacial score (nSPS) is 31.9. The van der Waals surface area contributed by atoms with Gasteiger partial charge in [0.05, 0.1) is 0 Å². The molecule has 3 rings (SSSR count). The number of hydrogen-bond donors (Lipinski definition) is 1. The first kappa shape index (κ1) is 17.6. The van der Waals surface area contributed by atoms with Gasteiger partial charge in [-0.15, -0.1) is 0 Å². The molecule has 0 aromatic carbocycles. The average molecular weight is 339 g/mol. The molecule has 3 aliphatic rings. The van der Waals surface area contributed by atoms with Gasteiger partial charge in [-0.05, 0) is 37.5 Å². The largest absolute Gasteiger partial charge is 0.354 e. The van der Waals surface area contributed by atoms with Crippen molar-refractivity contribution in [3.8, 4) is 0 Å². The fourth-order valence-electron chi connectivity index (χ4n) is 5.02. The first-order valence-electron chi connectivity index (χ1n) is 9.77. The summed E-state index contributed by atoms with van der Waals surface area (Å²) in [5, 5.41) is 3.34. The Labute approximate surface area is 146 Å². The summed E-state index contributed by atoms with van der Waals surface area (Å²) in [4.78, 5) is 15.2. The van der Waals surface area contributed by atoms with Crippen LogP contribution in [-0.4, -0.2) is 47.5 Å². The van der Waals surface area contributed by atoms with Crippen LogP contribution in [-0.2, 0) is 4.79 Å². The minimum Gasteiger partial charge on any atom is -0.354 e. The topological polar surface area (TPSA) is 32.3 Å². The average Bonchev–Trinajstić information content (AvgIpc) is 3.04. The number of nitrogens with one attached hydrogen (secondary N) is 1. The smallest absolute Gasteiger partial charge is 0.220 e. The maximum absolute atomic E-state index is 12.5. The molecule has 132 valence electrons. The number of hydrogen-bond acceptors (Lipinski definition) is 3. The SMILES string of the molecule is C[C@@H]1CCC[C@H](CC(=O)NCC2(N3CCSCC3)CCCC2)C1. The second-order valence-electron chi connectivity index (χ2n) is 8.15. The molecule has 1 aliphatic heterocycles.